The monoisotopic (exact) mass is 203 g/mol. The van der Waals surface area contributed by atoms with Crippen LogP contribution in [0, 0.1) is 0 Å². The Kier molecular flexibility index (Phi) is 2.33. The maximum absolute atomic E-state index is 11.1. The number of nitrogens with zero attached hydrogens (tertiary/aromatic N) is 2. The average molecular weight is 203 g/mol. The zero-order chi connectivity index (χ0) is 10.8. The highest BCUT2D eigenvalue weighted by atomic mass is 16.4. The molecule has 1 heterocycles. The van der Waals surface area contributed by atoms with Crippen molar-refractivity contribution in [1.82, 2.24) is 9.88 Å². The lowest BCUT2D eigenvalue weighted by atomic mass is 10.2. The first-order valence-corrected chi connectivity index (χ1v) is 4.75. The van der Waals surface area contributed by atoms with E-state index in [2.05, 4.69) is 5.32 Å². The maximum atomic E-state index is 11.1. The molecule has 0 fully saturated rings. The van der Waals surface area contributed by atoms with E-state index in [0.717, 1.165) is 5.39 Å². The van der Waals surface area contributed by atoms with Gasteiger partial charge in [0, 0.05) is 11.9 Å². The predicted octanol–water partition coefficient (Wildman–Crippen LogP) is 2.42. The lowest BCUT2D eigenvalue weighted by Crippen LogP contribution is -2.11. The number of aromatic nitrogens is 1. The van der Waals surface area contributed by atoms with Gasteiger partial charge in [-0.1, -0.05) is 18.2 Å². The van der Waals surface area contributed by atoms with Crippen LogP contribution < -0.4 is 5.32 Å². The van der Waals surface area contributed by atoms with Gasteiger partial charge < -0.3 is 5.11 Å². The van der Waals surface area contributed by atoms with Crippen LogP contribution in [-0.4, -0.2) is 22.3 Å². The van der Waals surface area contributed by atoms with E-state index in [4.69, 9.17) is 5.11 Å². The standard InChI is InChI=1S/C11H11N2O2/c1-2-12-10-7-8-5-3-4-6-9(8)13(10)11(14)15/h3-7H,2H2,1H3,(H,14,15). The van der Waals surface area contributed by atoms with Crippen molar-refractivity contribution in [2.24, 2.45) is 0 Å². The topological polar surface area (TPSA) is 56.3 Å². The molecule has 2 rings (SSSR count). The van der Waals surface area contributed by atoms with Crippen molar-refractivity contribution in [3.63, 3.8) is 0 Å². The van der Waals surface area contributed by atoms with Gasteiger partial charge in [-0.25, -0.2) is 9.36 Å². The van der Waals surface area contributed by atoms with Gasteiger partial charge in [-0.15, -0.1) is 0 Å². The summed E-state index contributed by atoms with van der Waals surface area (Å²) in [6.07, 6.45) is -0.997. The Morgan fingerprint density at radius 2 is 2.20 bits per heavy atom. The summed E-state index contributed by atoms with van der Waals surface area (Å²) in [6.45, 7) is 2.45. The number of fused-ring (bicyclic) bond motifs is 1. The molecule has 0 bridgehead atoms. The molecule has 0 amide bonds. The van der Waals surface area contributed by atoms with E-state index in [1.165, 1.54) is 4.57 Å². The maximum Gasteiger partial charge on any atom is 0.417 e. The molecule has 2 aromatic rings. The van der Waals surface area contributed by atoms with E-state index < -0.39 is 6.09 Å². The summed E-state index contributed by atoms with van der Waals surface area (Å²) >= 11 is 0. The molecule has 0 aliphatic carbocycles. The number of carboxylic acid groups (broad SMARTS) is 1. The van der Waals surface area contributed by atoms with Gasteiger partial charge in [-0.3, -0.25) is 5.32 Å². The molecular weight excluding hydrogens is 192 g/mol. The second-order valence-electron chi connectivity index (χ2n) is 3.15. The second kappa shape index (κ2) is 3.65. The van der Waals surface area contributed by atoms with E-state index in [1.54, 1.807) is 12.1 Å². The fraction of sp³-hybridized carbons (Fsp3) is 0.182. The minimum atomic E-state index is -0.997. The minimum absolute atomic E-state index is 0.492. The fourth-order valence-corrected chi connectivity index (χ4v) is 1.62. The van der Waals surface area contributed by atoms with Crippen molar-refractivity contribution in [2.45, 2.75) is 6.92 Å². The number of rotatable bonds is 2. The molecule has 4 heteroatoms. The van der Waals surface area contributed by atoms with Gasteiger partial charge >= 0.3 is 6.09 Å². The second-order valence-corrected chi connectivity index (χ2v) is 3.15. The van der Waals surface area contributed by atoms with Crippen molar-refractivity contribution in [1.29, 1.82) is 0 Å². The molecule has 0 spiro atoms. The third kappa shape index (κ3) is 1.54. The SMILES string of the molecule is CC[N]c1cc2ccccc2n1C(=O)O. The molecule has 15 heavy (non-hydrogen) atoms. The highest BCUT2D eigenvalue weighted by molar-refractivity contribution is 5.93. The summed E-state index contributed by atoms with van der Waals surface area (Å²) in [5, 5.41) is 14.1. The van der Waals surface area contributed by atoms with Crippen LogP contribution in [0.1, 0.15) is 6.92 Å². The molecule has 1 aromatic heterocycles. The van der Waals surface area contributed by atoms with E-state index in [0.29, 0.717) is 17.9 Å². The molecular formula is C11H11N2O2. The Hall–Kier alpha value is -1.97. The zero-order valence-corrected chi connectivity index (χ0v) is 8.34. The predicted molar refractivity (Wildman–Crippen MR) is 57.7 cm³/mol. The molecule has 0 aliphatic rings. The van der Waals surface area contributed by atoms with Gasteiger partial charge in [0.1, 0.15) is 5.82 Å². The first-order valence-electron chi connectivity index (χ1n) is 4.75. The summed E-state index contributed by atoms with van der Waals surface area (Å²) < 4.78 is 1.21. The van der Waals surface area contributed by atoms with Gasteiger partial charge in [0.25, 0.3) is 0 Å². The Labute approximate surface area is 87.1 Å². The van der Waals surface area contributed by atoms with Crippen LogP contribution in [-0.2, 0) is 0 Å². The molecule has 1 radical (unpaired) electrons. The summed E-state index contributed by atoms with van der Waals surface area (Å²) in [4.78, 5) is 11.1. The van der Waals surface area contributed by atoms with Gasteiger partial charge in [0.2, 0.25) is 0 Å². The Balaban J connectivity index is 2.69. The van der Waals surface area contributed by atoms with Crippen LogP contribution in [0.2, 0.25) is 0 Å². The van der Waals surface area contributed by atoms with Gasteiger partial charge in [0.05, 0.1) is 5.52 Å². The van der Waals surface area contributed by atoms with Crippen LogP contribution >= 0.6 is 0 Å². The van der Waals surface area contributed by atoms with Crippen molar-refractivity contribution < 1.29 is 9.90 Å². The van der Waals surface area contributed by atoms with Crippen molar-refractivity contribution in [3.05, 3.63) is 30.3 Å². The van der Waals surface area contributed by atoms with Gasteiger partial charge in [-0.2, -0.15) is 0 Å². The van der Waals surface area contributed by atoms with Crippen molar-refractivity contribution in [3.8, 4) is 0 Å². The number of carbonyl (C=O) groups is 1. The average Bonchev–Trinajstić information content (AvgIpc) is 2.56. The Morgan fingerprint density at radius 1 is 1.47 bits per heavy atom. The molecule has 0 saturated carbocycles. The van der Waals surface area contributed by atoms with Crippen LogP contribution in [0.5, 0.6) is 0 Å². The fourth-order valence-electron chi connectivity index (χ4n) is 1.62. The highest BCUT2D eigenvalue weighted by Crippen LogP contribution is 2.23. The number of para-hydroxylation sites is 1. The summed E-state index contributed by atoms with van der Waals surface area (Å²) in [6, 6.07) is 9.14. The van der Waals surface area contributed by atoms with Crippen molar-refractivity contribution in [2.75, 3.05) is 6.54 Å². The molecule has 0 saturated heterocycles. The Bertz CT molecular complexity index is 502. The van der Waals surface area contributed by atoms with E-state index in [1.807, 2.05) is 25.1 Å². The number of hydrogen-bond donors (Lipinski definition) is 1. The summed E-state index contributed by atoms with van der Waals surface area (Å²) in [7, 11) is 0. The molecule has 1 N–H and O–H groups in total. The van der Waals surface area contributed by atoms with Gasteiger partial charge in [0.15, 0.2) is 0 Å². The molecule has 0 atom stereocenters. The van der Waals surface area contributed by atoms with Crippen LogP contribution in [0.3, 0.4) is 0 Å². The van der Waals surface area contributed by atoms with E-state index >= 15 is 0 Å². The summed E-state index contributed by atoms with van der Waals surface area (Å²) in [5.74, 6) is 0.492. The van der Waals surface area contributed by atoms with Crippen LogP contribution in [0.25, 0.3) is 10.9 Å². The number of benzene rings is 1. The first kappa shape index (κ1) is 9.58. The smallest absolute Gasteiger partial charge is 0.417 e. The van der Waals surface area contributed by atoms with Gasteiger partial charge in [-0.05, 0) is 19.1 Å². The normalized spacial score (nSPS) is 10.5. The minimum Gasteiger partial charge on any atom is -0.464 e. The molecule has 0 aliphatic heterocycles. The van der Waals surface area contributed by atoms with Crippen LogP contribution in [0.4, 0.5) is 10.6 Å². The molecule has 4 nitrogen and oxygen atoms in total. The Morgan fingerprint density at radius 3 is 2.87 bits per heavy atom. The third-order valence-corrected chi connectivity index (χ3v) is 2.20. The first-order chi connectivity index (χ1) is 7.24. The van der Waals surface area contributed by atoms with E-state index in [-0.39, 0.29) is 0 Å². The lowest BCUT2D eigenvalue weighted by molar-refractivity contribution is 0.197. The highest BCUT2D eigenvalue weighted by Gasteiger charge is 2.13. The van der Waals surface area contributed by atoms with Crippen molar-refractivity contribution >= 4 is 22.8 Å². The number of hydrogen-bond acceptors (Lipinski definition) is 1. The molecule has 1 aromatic carbocycles. The summed E-state index contributed by atoms with van der Waals surface area (Å²) in [5.41, 5.74) is 0.678. The largest absolute Gasteiger partial charge is 0.464 e. The third-order valence-electron chi connectivity index (χ3n) is 2.20. The van der Waals surface area contributed by atoms with Crippen LogP contribution in [0.15, 0.2) is 30.3 Å². The quantitative estimate of drug-likeness (QED) is 0.814. The molecule has 77 valence electrons. The zero-order valence-electron chi connectivity index (χ0n) is 8.34. The lowest BCUT2D eigenvalue weighted by Gasteiger charge is -2.02. The molecule has 0 unspecified atom stereocenters. The van der Waals surface area contributed by atoms with E-state index in [9.17, 15) is 4.79 Å².